The third-order valence-electron chi connectivity index (χ3n) is 2.53. The van der Waals surface area contributed by atoms with Crippen LogP contribution in [-0.2, 0) is 0 Å². The van der Waals surface area contributed by atoms with Crippen molar-refractivity contribution < 1.29 is 5.11 Å². The van der Waals surface area contributed by atoms with Crippen molar-refractivity contribution in [1.82, 2.24) is 0 Å². The molecule has 1 aromatic carbocycles. The van der Waals surface area contributed by atoms with Gasteiger partial charge in [-0.2, -0.15) is 0 Å². The van der Waals surface area contributed by atoms with Gasteiger partial charge in [0, 0.05) is 35.4 Å². The van der Waals surface area contributed by atoms with E-state index < -0.39 is 0 Å². The lowest BCUT2D eigenvalue weighted by molar-refractivity contribution is 0.289. The molecule has 0 radical (unpaired) electrons. The number of hydrogen-bond acceptors (Lipinski definition) is 3. The minimum absolute atomic E-state index is 0.190. The number of nitrogens with two attached hydrogens (primary N) is 1. The van der Waals surface area contributed by atoms with E-state index in [0.717, 1.165) is 35.2 Å². The Morgan fingerprint density at radius 2 is 2.24 bits per heavy atom. The lowest BCUT2D eigenvalue weighted by Gasteiger charge is -2.25. The predicted molar refractivity (Wildman–Crippen MR) is 79.6 cm³/mol. The zero-order valence-electron chi connectivity index (χ0n) is 9.82. The van der Waals surface area contributed by atoms with E-state index in [1.807, 2.05) is 18.2 Å². The second kappa shape index (κ2) is 6.93. The van der Waals surface area contributed by atoms with Gasteiger partial charge in [0.15, 0.2) is 0 Å². The van der Waals surface area contributed by atoms with Crippen LogP contribution in [0.3, 0.4) is 0 Å². The van der Waals surface area contributed by atoms with Gasteiger partial charge in [-0.05, 0) is 31.5 Å². The van der Waals surface area contributed by atoms with Crippen LogP contribution in [0.15, 0.2) is 22.7 Å². The largest absolute Gasteiger partial charge is 0.396 e. The molecule has 0 saturated carbocycles. The molecule has 5 heteroatoms. The van der Waals surface area contributed by atoms with E-state index in [4.69, 9.17) is 23.1 Å². The predicted octanol–water partition coefficient (Wildman–Crippen LogP) is 2.29. The van der Waals surface area contributed by atoms with Crippen molar-refractivity contribution in [3.63, 3.8) is 0 Å². The molecule has 3 nitrogen and oxygen atoms in total. The molecule has 0 aliphatic rings. The third kappa shape index (κ3) is 3.94. The molecule has 1 rings (SSSR count). The van der Waals surface area contributed by atoms with Crippen LogP contribution in [0.25, 0.3) is 0 Å². The molecule has 0 saturated heterocycles. The molecule has 0 bridgehead atoms. The van der Waals surface area contributed by atoms with E-state index in [0.29, 0.717) is 4.99 Å². The topological polar surface area (TPSA) is 49.5 Å². The molecule has 0 aliphatic heterocycles. The second-order valence-corrected chi connectivity index (χ2v) is 5.04. The summed E-state index contributed by atoms with van der Waals surface area (Å²) in [5.74, 6) is 0. The highest BCUT2D eigenvalue weighted by atomic mass is 79.9. The zero-order chi connectivity index (χ0) is 12.8. The Labute approximate surface area is 116 Å². The fourth-order valence-corrected chi connectivity index (χ4v) is 2.22. The number of aliphatic hydroxyl groups excluding tert-OH is 1. The molecule has 0 heterocycles. The molecule has 17 heavy (non-hydrogen) atoms. The van der Waals surface area contributed by atoms with Gasteiger partial charge in [-0.25, -0.2) is 0 Å². The molecular formula is C12H17BrN2OS. The normalized spacial score (nSPS) is 10.3. The van der Waals surface area contributed by atoms with Gasteiger partial charge in [-0.3, -0.25) is 0 Å². The number of benzene rings is 1. The Hall–Kier alpha value is -0.650. The summed E-state index contributed by atoms with van der Waals surface area (Å²) in [4.78, 5) is 2.56. The van der Waals surface area contributed by atoms with Gasteiger partial charge in [0.25, 0.3) is 0 Å². The Balaban J connectivity index is 3.05. The maximum Gasteiger partial charge on any atom is 0.106 e. The summed E-state index contributed by atoms with van der Waals surface area (Å²) in [5, 5.41) is 8.90. The number of anilines is 1. The van der Waals surface area contributed by atoms with E-state index in [-0.39, 0.29) is 6.61 Å². The summed E-state index contributed by atoms with van der Waals surface area (Å²) < 4.78 is 0.960. The Morgan fingerprint density at radius 1 is 1.53 bits per heavy atom. The van der Waals surface area contributed by atoms with Gasteiger partial charge in [0.1, 0.15) is 4.99 Å². The first-order chi connectivity index (χ1) is 8.10. The molecule has 0 spiro atoms. The smallest absolute Gasteiger partial charge is 0.106 e. The number of hydrogen-bond donors (Lipinski definition) is 2. The zero-order valence-corrected chi connectivity index (χ0v) is 12.2. The monoisotopic (exact) mass is 316 g/mol. The standard InChI is InChI=1S/C12H17BrN2OS/c1-2-15(6-3-7-16)11-5-4-9(13)8-10(11)12(14)17/h4-5,8,16H,2-3,6-7H2,1H3,(H2,14,17). The SMILES string of the molecule is CCN(CCCO)c1ccc(Br)cc1C(N)=S. The minimum atomic E-state index is 0.190. The average Bonchev–Trinajstić information content (AvgIpc) is 2.31. The van der Waals surface area contributed by atoms with E-state index in [1.165, 1.54) is 0 Å². The van der Waals surface area contributed by atoms with Crippen molar-refractivity contribution >= 4 is 38.8 Å². The van der Waals surface area contributed by atoms with Crippen LogP contribution < -0.4 is 10.6 Å². The summed E-state index contributed by atoms with van der Waals surface area (Å²) in [6, 6.07) is 5.90. The summed E-state index contributed by atoms with van der Waals surface area (Å²) in [6.45, 7) is 3.92. The van der Waals surface area contributed by atoms with Crippen LogP contribution in [0.1, 0.15) is 18.9 Å². The lowest BCUT2D eigenvalue weighted by Crippen LogP contribution is -2.27. The van der Waals surface area contributed by atoms with Crippen molar-refractivity contribution in [2.45, 2.75) is 13.3 Å². The van der Waals surface area contributed by atoms with Crippen LogP contribution in [0.4, 0.5) is 5.69 Å². The molecule has 94 valence electrons. The van der Waals surface area contributed by atoms with Gasteiger partial charge in [0.2, 0.25) is 0 Å². The molecule has 1 aromatic rings. The van der Waals surface area contributed by atoms with Gasteiger partial charge in [0.05, 0.1) is 0 Å². The van der Waals surface area contributed by atoms with Crippen LogP contribution >= 0.6 is 28.1 Å². The molecule has 0 aromatic heterocycles. The van der Waals surface area contributed by atoms with Crippen molar-refractivity contribution in [1.29, 1.82) is 0 Å². The number of aliphatic hydroxyl groups is 1. The van der Waals surface area contributed by atoms with E-state index in [1.54, 1.807) is 0 Å². The van der Waals surface area contributed by atoms with Crippen molar-refractivity contribution in [3.8, 4) is 0 Å². The van der Waals surface area contributed by atoms with Crippen molar-refractivity contribution in [2.24, 2.45) is 5.73 Å². The van der Waals surface area contributed by atoms with Crippen molar-refractivity contribution in [3.05, 3.63) is 28.2 Å². The molecule has 0 fully saturated rings. The maximum absolute atomic E-state index is 8.90. The molecule has 0 atom stereocenters. The highest BCUT2D eigenvalue weighted by Crippen LogP contribution is 2.24. The van der Waals surface area contributed by atoms with Gasteiger partial charge >= 0.3 is 0 Å². The Morgan fingerprint density at radius 3 is 2.76 bits per heavy atom. The summed E-state index contributed by atoms with van der Waals surface area (Å²) in [5.41, 5.74) is 7.63. The van der Waals surface area contributed by atoms with Gasteiger partial charge < -0.3 is 15.7 Å². The fraction of sp³-hybridized carbons (Fsp3) is 0.417. The molecular weight excluding hydrogens is 300 g/mol. The third-order valence-corrected chi connectivity index (χ3v) is 3.25. The van der Waals surface area contributed by atoms with Gasteiger partial charge in [-0.1, -0.05) is 28.1 Å². The number of rotatable bonds is 6. The average molecular weight is 317 g/mol. The number of halogens is 1. The highest BCUT2D eigenvalue weighted by Gasteiger charge is 2.11. The first kappa shape index (κ1) is 14.4. The van der Waals surface area contributed by atoms with E-state index in [9.17, 15) is 0 Å². The molecule has 0 aliphatic carbocycles. The van der Waals surface area contributed by atoms with Crippen LogP contribution in [0.5, 0.6) is 0 Å². The molecule has 3 N–H and O–H groups in total. The quantitative estimate of drug-likeness (QED) is 0.791. The number of thiocarbonyl (C=S) groups is 1. The second-order valence-electron chi connectivity index (χ2n) is 3.68. The summed E-state index contributed by atoms with van der Waals surface area (Å²) in [7, 11) is 0. The molecule has 0 unspecified atom stereocenters. The summed E-state index contributed by atoms with van der Waals surface area (Å²) in [6.07, 6.45) is 0.737. The first-order valence-corrected chi connectivity index (χ1v) is 6.75. The van der Waals surface area contributed by atoms with E-state index >= 15 is 0 Å². The number of nitrogens with zero attached hydrogens (tertiary/aromatic N) is 1. The molecule has 0 amide bonds. The maximum atomic E-state index is 8.90. The van der Waals surface area contributed by atoms with Crippen LogP contribution in [0, 0.1) is 0 Å². The lowest BCUT2D eigenvalue weighted by atomic mass is 10.1. The minimum Gasteiger partial charge on any atom is -0.396 e. The summed E-state index contributed by atoms with van der Waals surface area (Å²) >= 11 is 8.48. The van der Waals surface area contributed by atoms with Crippen molar-refractivity contribution in [2.75, 3.05) is 24.6 Å². The highest BCUT2D eigenvalue weighted by molar-refractivity contribution is 9.10. The Bertz CT molecular complexity index is 398. The first-order valence-electron chi connectivity index (χ1n) is 5.55. The van der Waals surface area contributed by atoms with Crippen LogP contribution in [-0.4, -0.2) is 29.8 Å². The van der Waals surface area contributed by atoms with Crippen LogP contribution in [0.2, 0.25) is 0 Å². The Kier molecular flexibility index (Phi) is 5.88. The van der Waals surface area contributed by atoms with Gasteiger partial charge in [-0.15, -0.1) is 0 Å². The van der Waals surface area contributed by atoms with E-state index in [2.05, 4.69) is 27.8 Å². The fourth-order valence-electron chi connectivity index (χ4n) is 1.69.